The standard InChI is InChI=1S/C10H19IO2.HI/c1-3-9(4-2)6-5-7-13-10(12)8-11;/h9H,3-8H2,1-2H3;1H/p-1. The fourth-order valence-electron chi connectivity index (χ4n) is 1.29. The zero-order valence-electron chi connectivity index (χ0n) is 8.89. The molecule has 0 spiro atoms. The maximum Gasteiger partial charge on any atom is 0.315 e. The summed E-state index contributed by atoms with van der Waals surface area (Å²) in [4.78, 5) is 10.8. The summed E-state index contributed by atoms with van der Waals surface area (Å²) < 4.78 is 5.45. The minimum Gasteiger partial charge on any atom is -1.00 e. The van der Waals surface area contributed by atoms with Crippen molar-refractivity contribution in [2.45, 2.75) is 39.5 Å². The van der Waals surface area contributed by atoms with Crippen molar-refractivity contribution in [2.24, 2.45) is 5.92 Å². The Hall–Kier alpha value is 0.930. The molecule has 86 valence electrons. The maximum absolute atomic E-state index is 10.8. The molecule has 0 aromatic heterocycles. The van der Waals surface area contributed by atoms with Gasteiger partial charge in [0.05, 0.1) is 11.0 Å². The van der Waals surface area contributed by atoms with Gasteiger partial charge in [-0.3, -0.25) is 4.79 Å². The molecule has 14 heavy (non-hydrogen) atoms. The maximum atomic E-state index is 10.8. The normalized spacial score (nSPS) is 9.71. The fourth-order valence-corrected chi connectivity index (χ4v) is 1.51. The number of rotatable bonds is 7. The first-order chi connectivity index (χ1) is 6.24. The molecule has 0 fully saturated rings. The van der Waals surface area contributed by atoms with Crippen LogP contribution in [0, 0.1) is 5.92 Å². The fraction of sp³-hybridized carbons (Fsp3) is 0.900. The Morgan fingerprint density at radius 1 is 1.36 bits per heavy atom. The zero-order chi connectivity index (χ0) is 10.1. The van der Waals surface area contributed by atoms with Crippen LogP contribution in [-0.4, -0.2) is 17.0 Å². The highest BCUT2D eigenvalue weighted by Crippen LogP contribution is 2.14. The van der Waals surface area contributed by atoms with Crippen LogP contribution >= 0.6 is 22.6 Å². The van der Waals surface area contributed by atoms with E-state index in [1.165, 1.54) is 19.3 Å². The molecule has 0 rings (SSSR count). The molecule has 0 aliphatic rings. The predicted molar refractivity (Wildman–Crippen MR) is 63.2 cm³/mol. The minimum absolute atomic E-state index is 0. The van der Waals surface area contributed by atoms with E-state index in [2.05, 4.69) is 13.8 Å². The summed E-state index contributed by atoms with van der Waals surface area (Å²) in [5, 5.41) is 0. The second-order valence-corrected chi connectivity index (χ2v) is 3.94. The van der Waals surface area contributed by atoms with Gasteiger partial charge in [-0.05, 0) is 18.8 Å². The predicted octanol–water partition coefficient (Wildman–Crippen LogP) is 0.185. The smallest absolute Gasteiger partial charge is 0.315 e. The first-order valence-electron chi connectivity index (χ1n) is 4.96. The van der Waals surface area contributed by atoms with Crippen molar-refractivity contribution in [3.05, 3.63) is 0 Å². The van der Waals surface area contributed by atoms with Crippen LogP contribution in [0.3, 0.4) is 0 Å². The van der Waals surface area contributed by atoms with E-state index in [0.717, 1.165) is 12.3 Å². The van der Waals surface area contributed by atoms with Gasteiger partial charge in [0, 0.05) is 0 Å². The molecule has 0 aliphatic heterocycles. The number of alkyl halides is 1. The van der Waals surface area contributed by atoms with Gasteiger partial charge in [-0.25, -0.2) is 0 Å². The van der Waals surface area contributed by atoms with Crippen molar-refractivity contribution in [3.63, 3.8) is 0 Å². The average Bonchev–Trinajstić information content (AvgIpc) is 2.18. The third-order valence-corrected chi connectivity index (χ3v) is 2.91. The van der Waals surface area contributed by atoms with Crippen LogP contribution in [0.25, 0.3) is 0 Å². The summed E-state index contributed by atoms with van der Waals surface area (Å²) in [6.45, 7) is 5.02. The Labute approximate surface area is 118 Å². The van der Waals surface area contributed by atoms with Crippen LogP contribution < -0.4 is 24.0 Å². The summed E-state index contributed by atoms with van der Waals surface area (Å²) in [6, 6.07) is 0. The molecule has 0 saturated heterocycles. The molecule has 0 unspecified atom stereocenters. The van der Waals surface area contributed by atoms with Crippen molar-refractivity contribution < 1.29 is 33.5 Å². The molecule has 0 atom stereocenters. The number of hydrogen-bond donors (Lipinski definition) is 0. The van der Waals surface area contributed by atoms with Crippen molar-refractivity contribution in [1.82, 2.24) is 0 Å². The van der Waals surface area contributed by atoms with E-state index in [9.17, 15) is 4.79 Å². The van der Waals surface area contributed by atoms with E-state index in [4.69, 9.17) is 4.74 Å². The van der Waals surface area contributed by atoms with Crippen LogP contribution in [0.15, 0.2) is 0 Å². The first kappa shape index (κ1) is 17.3. The van der Waals surface area contributed by atoms with Crippen LogP contribution in [-0.2, 0) is 9.53 Å². The largest absolute Gasteiger partial charge is 1.00 e. The van der Waals surface area contributed by atoms with E-state index in [1.54, 1.807) is 0 Å². The lowest BCUT2D eigenvalue weighted by Crippen LogP contribution is -3.00. The SMILES string of the molecule is CCC(CC)CCCOC(=O)CI.[I-]. The molecule has 0 bridgehead atoms. The quantitative estimate of drug-likeness (QED) is 0.252. The van der Waals surface area contributed by atoms with E-state index in [-0.39, 0.29) is 29.9 Å². The summed E-state index contributed by atoms with van der Waals surface area (Å²) >= 11 is 2.02. The van der Waals surface area contributed by atoms with Crippen LogP contribution in [0.2, 0.25) is 0 Å². The van der Waals surface area contributed by atoms with Gasteiger partial charge in [-0.15, -0.1) is 0 Å². The molecule has 0 saturated carbocycles. The van der Waals surface area contributed by atoms with E-state index >= 15 is 0 Å². The lowest BCUT2D eigenvalue weighted by molar-refractivity contribution is -0.140. The second kappa shape index (κ2) is 12.0. The van der Waals surface area contributed by atoms with Crippen LogP contribution in [0.1, 0.15) is 39.5 Å². The van der Waals surface area contributed by atoms with Gasteiger partial charge in [-0.2, -0.15) is 0 Å². The van der Waals surface area contributed by atoms with Gasteiger partial charge < -0.3 is 28.7 Å². The van der Waals surface area contributed by atoms with Gasteiger partial charge in [-0.1, -0.05) is 49.3 Å². The summed E-state index contributed by atoms with van der Waals surface area (Å²) in [6.07, 6.45) is 4.66. The van der Waals surface area contributed by atoms with Gasteiger partial charge >= 0.3 is 5.97 Å². The molecule has 0 heterocycles. The van der Waals surface area contributed by atoms with Crippen molar-refractivity contribution in [3.8, 4) is 0 Å². The zero-order valence-corrected chi connectivity index (χ0v) is 13.2. The monoisotopic (exact) mass is 425 g/mol. The number of carbonyl (C=O) groups excluding carboxylic acids is 1. The Kier molecular flexibility index (Phi) is 14.9. The lowest BCUT2D eigenvalue weighted by atomic mass is 9.98. The third-order valence-electron chi connectivity index (χ3n) is 2.28. The van der Waals surface area contributed by atoms with E-state index < -0.39 is 0 Å². The third kappa shape index (κ3) is 9.48. The molecule has 4 heteroatoms. The molecule has 0 radical (unpaired) electrons. The number of halogens is 2. The Morgan fingerprint density at radius 3 is 2.36 bits per heavy atom. The molecule has 0 aromatic rings. The van der Waals surface area contributed by atoms with Gasteiger partial charge in [0.15, 0.2) is 0 Å². The molecule has 0 aliphatic carbocycles. The Balaban J connectivity index is 0. The van der Waals surface area contributed by atoms with E-state index in [1.807, 2.05) is 22.6 Å². The summed E-state index contributed by atoms with van der Waals surface area (Å²) in [7, 11) is 0. The summed E-state index contributed by atoms with van der Waals surface area (Å²) in [5.74, 6) is 0.712. The highest BCUT2D eigenvalue weighted by Gasteiger charge is 2.04. The molecule has 0 aromatic carbocycles. The lowest BCUT2D eigenvalue weighted by Gasteiger charge is -2.11. The number of carbonyl (C=O) groups is 1. The molecule has 0 N–H and O–H groups in total. The molecular weight excluding hydrogens is 406 g/mol. The minimum atomic E-state index is -0.0925. The topological polar surface area (TPSA) is 26.3 Å². The average molecular weight is 425 g/mol. The van der Waals surface area contributed by atoms with Gasteiger partial charge in [0.25, 0.3) is 0 Å². The highest BCUT2D eigenvalue weighted by molar-refractivity contribution is 14.1. The number of esters is 1. The second-order valence-electron chi connectivity index (χ2n) is 3.18. The van der Waals surface area contributed by atoms with Crippen molar-refractivity contribution in [1.29, 1.82) is 0 Å². The van der Waals surface area contributed by atoms with Crippen molar-refractivity contribution >= 4 is 28.6 Å². The Morgan fingerprint density at radius 2 is 1.93 bits per heavy atom. The van der Waals surface area contributed by atoms with Gasteiger partial charge in [0.2, 0.25) is 0 Å². The van der Waals surface area contributed by atoms with Crippen LogP contribution in [0.5, 0.6) is 0 Å². The van der Waals surface area contributed by atoms with Crippen molar-refractivity contribution in [2.75, 3.05) is 11.0 Å². The highest BCUT2D eigenvalue weighted by atomic mass is 127. The first-order valence-corrected chi connectivity index (χ1v) is 6.48. The van der Waals surface area contributed by atoms with Crippen LogP contribution in [0.4, 0.5) is 0 Å². The number of hydrogen-bond acceptors (Lipinski definition) is 2. The van der Waals surface area contributed by atoms with Gasteiger partial charge in [0.1, 0.15) is 0 Å². The number of ether oxygens (including phenoxy) is 1. The molecule has 2 nitrogen and oxygen atoms in total. The molecule has 0 amide bonds. The Bertz CT molecular complexity index is 136. The summed E-state index contributed by atoms with van der Waals surface area (Å²) in [5.41, 5.74) is 0. The van der Waals surface area contributed by atoms with E-state index in [0.29, 0.717) is 11.0 Å². The molecular formula is C10H19I2O2-.